The third-order valence-electron chi connectivity index (χ3n) is 13.9. The van der Waals surface area contributed by atoms with E-state index in [9.17, 15) is 32.3 Å². The Morgan fingerprint density at radius 3 is 1.13 bits per heavy atom. The van der Waals surface area contributed by atoms with E-state index in [0.29, 0.717) is 72.7 Å². The maximum Gasteiger partial charge on any atom is 0.266 e. The van der Waals surface area contributed by atoms with E-state index in [1.165, 1.54) is 36.4 Å². The van der Waals surface area contributed by atoms with Gasteiger partial charge in [0.15, 0.2) is 0 Å². The number of nitrogens with two attached hydrogens (primary N) is 2. The van der Waals surface area contributed by atoms with Crippen LogP contribution in [0.15, 0.2) is 212 Å². The van der Waals surface area contributed by atoms with Crippen LogP contribution in [0.1, 0.15) is 41.4 Å². The van der Waals surface area contributed by atoms with Crippen LogP contribution in [0, 0.1) is 17.5 Å². The van der Waals surface area contributed by atoms with Crippen molar-refractivity contribution in [3.63, 3.8) is 0 Å². The van der Waals surface area contributed by atoms with Crippen LogP contribution in [0.3, 0.4) is 0 Å². The fraction of sp³-hybridized carbons (Fsp3) is 0. The molecule has 10 aromatic rings. The van der Waals surface area contributed by atoms with Crippen molar-refractivity contribution in [3.8, 4) is 77.9 Å². The highest BCUT2D eigenvalue weighted by molar-refractivity contribution is 6.36. The predicted molar refractivity (Wildman–Crippen MR) is 288 cm³/mol. The number of nitrogen functional groups attached to an aromatic ring is 2. The van der Waals surface area contributed by atoms with E-state index in [4.69, 9.17) is 11.5 Å². The standard InChI is InChI=1S/C64H39F3N4O4/c65-45-16-1-39(2-17-45)55-35-44(15-28-51(55)38-11-26-50(27-12-38)70-61(72)53-29-13-42(33-56(53)63(70)74)36-7-22-48(68)23-8-36)52-31-32-58(60(41-5-20-47(67)21-6-41)59(52)40-3-18-46(66)19-4-40)71-62(73)54-30-14-43(34-57(54)64(71)75)37-9-24-49(69)25-10-37/h1-35H,68-69H2. The lowest BCUT2D eigenvalue weighted by Crippen LogP contribution is -2.30. The Bertz CT molecular complexity index is 3990. The molecule has 75 heavy (non-hydrogen) atoms. The number of amides is 4. The Morgan fingerprint density at radius 1 is 0.267 bits per heavy atom. The van der Waals surface area contributed by atoms with Gasteiger partial charge in [-0.1, -0.05) is 103 Å². The first-order valence-corrected chi connectivity index (χ1v) is 23.9. The van der Waals surface area contributed by atoms with Crippen molar-refractivity contribution in [1.82, 2.24) is 0 Å². The van der Waals surface area contributed by atoms with Crippen molar-refractivity contribution in [3.05, 3.63) is 252 Å². The molecule has 0 radical (unpaired) electrons. The molecule has 12 rings (SSSR count). The van der Waals surface area contributed by atoms with E-state index >= 15 is 0 Å². The third kappa shape index (κ3) is 8.09. The van der Waals surface area contributed by atoms with E-state index < -0.39 is 41.1 Å². The second kappa shape index (κ2) is 18.2. The summed E-state index contributed by atoms with van der Waals surface area (Å²) in [4.78, 5) is 59.3. The average Bonchev–Trinajstić information content (AvgIpc) is 3.84. The van der Waals surface area contributed by atoms with Crippen molar-refractivity contribution in [2.24, 2.45) is 0 Å². The fourth-order valence-corrected chi connectivity index (χ4v) is 10.1. The SMILES string of the molecule is Nc1ccc(-c2ccc3c(c2)C(=O)N(c2ccc(-c4ccc(-c5ccc(N6C(=O)c7ccc(-c8ccc(N)cc8)cc7C6=O)c(-c6ccc(F)cc6)c5-c5ccc(F)cc5)cc4-c4ccc(F)cc4)cc2)C3=O)cc1. The number of fused-ring (bicyclic) bond motifs is 2. The molecule has 2 aliphatic heterocycles. The van der Waals surface area contributed by atoms with Gasteiger partial charge < -0.3 is 11.5 Å². The van der Waals surface area contributed by atoms with Gasteiger partial charge >= 0.3 is 0 Å². The summed E-state index contributed by atoms with van der Waals surface area (Å²) in [5, 5.41) is 0. The third-order valence-corrected chi connectivity index (χ3v) is 13.9. The van der Waals surface area contributed by atoms with Crippen molar-refractivity contribution < 1.29 is 32.3 Å². The summed E-state index contributed by atoms with van der Waals surface area (Å²) in [6, 6.07) is 58.6. The van der Waals surface area contributed by atoms with Crippen LogP contribution in [-0.2, 0) is 0 Å². The molecule has 11 heteroatoms. The first kappa shape index (κ1) is 46.0. The number of nitrogens with zero attached hydrogens (tertiary/aromatic N) is 2. The molecular formula is C64H39F3N4O4. The lowest BCUT2D eigenvalue weighted by atomic mass is 9.84. The minimum absolute atomic E-state index is 0.201. The van der Waals surface area contributed by atoms with Crippen molar-refractivity contribution in [1.29, 1.82) is 0 Å². The lowest BCUT2D eigenvalue weighted by Gasteiger charge is -2.25. The number of carbonyl (C=O) groups excluding carboxylic acids is 4. The number of hydrogen-bond donors (Lipinski definition) is 2. The number of benzene rings is 10. The molecule has 2 aliphatic rings. The minimum atomic E-state index is -0.561. The molecule has 2 heterocycles. The summed E-state index contributed by atoms with van der Waals surface area (Å²) in [7, 11) is 0. The molecule has 360 valence electrons. The molecule has 0 fully saturated rings. The Balaban J connectivity index is 0.975. The highest BCUT2D eigenvalue weighted by atomic mass is 19.1. The molecule has 4 N–H and O–H groups in total. The minimum Gasteiger partial charge on any atom is -0.399 e. The zero-order valence-electron chi connectivity index (χ0n) is 39.5. The molecule has 0 spiro atoms. The number of carbonyl (C=O) groups is 4. The van der Waals surface area contributed by atoms with E-state index in [1.807, 2.05) is 54.6 Å². The van der Waals surface area contributed by atoms with Gasteiger partial charge in [0.1, 0.15) is 17.5 Å². The lowest BCUT2D eigenvalue weighted by molar-refractivity contribution is 0.0910. The summed E-state index contributed by atoms with van der Waals surface area (Å²) in [5.41, 5.74) is 23.7. The molecule has 0 saturated carbocycles. The van der Waals surface area contributed by atoms with Gasteiger partial charge in [-0.05, 0) is 182 Å². The summed E-state index contributed by atoms with van der Waals surface area (Å²) in [6.07, 6.45) is 0. The van der Waals surface area contributed by atoms with Gasteiger partial charge in [0.2, 0.25) is 0 Å². The van der Waals surface area contributed by atoms with Crippen molar-refractivity contribution >= 4 is 46.4 Å². The van der Waals surface area contributed by atoms with Crippen LogP contribution in [0.2, 0.25) is 0 Å². The predicted octanol–water partition coefficient (Wildman–Crippen LogP) is 14.5. The molecule has 4 amide bonds. The topological polar surface area (TPSA) is 127 Å². The molecule has 0 atom stereocenters. The van der Waals surface area contributed by atoms with E-state index in [0.717, 1.165) is 37.6 Å². The van der Waals surface area contributed by atoms with E-state index in [2.05, 4.69) is 0 Å². The van der Waals surface area contributed by atoms with Crippen molar-refractivity contribution in [2.45, 2.75) is 0 Å². The molecule has 0 aliphatic carbocycles. The Labute approximate surface area is 428 Å². The van der Waals surface area contributed by atoms with Gasteiger partial charge in [0, 0.05) is 16.9 Å². The van der Waals surface area contributed by atoms with Crippen LogP contribution in [0.5, 0.6) is 0 Å². The number of anilines is 4. The summed E-state index contributed by atoms with van der Waals surface area (Å²) in [6.45, 7) is 0. The Morgan fingerprint density at radius 2 is 0.613 bits per heavy atom. The first-order valence-electron chi connectivity index (χ1n) is 23.9. The molecule has 0 unspecified atom stereocenters. The summed E-state index contributed by atoms with van der Waals surface area (Å²) in [5.74, 6) is -3.44. The van der Waals surface area contributed by atoms with Crippen LogP contribution in [0.25, 0.3) is 77.9 Å². The van der Waals surface area contributed by atoms with E-state index in [1.54, 1.807) is 121 Å². The highest BCUT2D eigenvalue weighted by Gasteiger charge is 2.40. The molecule has 0 aromatic heterocycles. The smallest absolute Gasteiger partial charge is 0.266 e. The zero-order valence-corrected chi connectivity index (χ0v) is 39.5. The second-order valence-electron chi connectivity index (χ2n) is 18.4. The molecule has 0 bridgehead atoms. The van der Waals surface area contributed by atoms with Crippen LogP contribution < -0.4 is 21.3 Å². The summed E-state index contributed by atoms with van der Waals surface area (Å²) < 4.78 is 44.2. The molecular weight excluding hydrogens is 946 g/mol. The van der Waals surface area contributed by atoms with Gasteiger partial charge in [-0.3, -0.25) is 19.2 Å². The zero-order chi connectivity index (χ0) is 51.6. The monoisotopic (exact) mass is 984 g/mol. The molecule has 10 aromatic carbocycles. The number of hydrogen-bond acceptors (Lipinski definition) is 6. The average molecular weight is 985 g/mol. The molecule has 8 nitrogen and oxygen atoms in total. The van der Waals surface area contributed by atoms with Crippen molar-refractivity contribution in [2.75, 3.05) is 21.3 Å². The number of rotatable bonds is 9. The second-order valence-corrected chi connectivity index (χ2v) is 18.4. The van der Waals surface area contributed by atoms with Gasteiger partial charge in [-0.25, -0.2) is 23.0 Å². The van der Waals surface area contributed by atoms with Gasteiger partial charge in [-0.2, -0.15) is 0 Å². The van der Waals surface area contributed by atoms with Crippen LogP contribution in [-0.4, -0.2) is 23.6 Å². The largest absolute Gasteiger partial charge is 0.399 e. The Kier molecular flexibility index (Phi) is 11.1. The number of imide groups is 2. The van der Waals surface area contributed by atoms with E-state index in [-0.39, 0.29) is 22.4 Å². The molecule has 0 saturated heterocycles. The quantitative estimate of drug-likeness (QED) is 0.110. The maximum absolute atomic E-state index is 14.8. The fourth-order valence-electron chi connectivity index (χ4n) is 10.1. The summed E-state index contributed by atoms with van der Waals surface area (Å²) >= 11 is 0. The van der Waals surface area contributed by atoms with Gasteiger partial charge in [-0.15, -0.1) is 0 Å². The normalized spacial score (nSPS) is 12.9. The maximum atomic E-state index is 14.8. The van der Waals surface area contributed by atoms with Crippen LogP contribution >= 0.6 is 0 Å². The van der Waals surface area contributed by atoms with Gasteiger partial charge in [0.05, 0.1) is 33.6 Å². The van der Waals surface area contributed by atoms with Crippen LogP contribution in [0.4, 0.5) is 35.9 Å². The van der Waals surface area contributed by atoms with Gasteiger partial charge in [0.25, 0.3) is 23.6 Å². The number of halogens is 3. The highest BCUT2D eigenvalue weighted by Crippen LogP contribution is 2.49. The Hall–Kier alpha value is -10.1. The first-order chi connectivity index (χ1) is 36.4.